The summed E-state index contributed by atoms with van der Waals surface area (Å²) in [6.45, 7) is 2.77. The second kappa shape index (κ2) is 8.86. The molecule has 0 saturated carbocycles. The number of nitrogens with zero attached hydrogens (tertiary/aromatic N) is 2. The Labute approximate surface area is 158 Å². The predicted molar refractivity (Wildman–Crippen MR) is 101 cm³/mol. The van der Waals surface area contributed by atoms with E-state index in [0.29, 0.717) is 12.3 Å². The van der Waals surface area contributed by atoms with Gasteiger partial charge in [0.15, 0.2) is 5.78 Å². The van der Waals surface area contributed by atoms with Gasteiger partial charge in [-0.15, -0.1) is 0 Å². The maximum absolute atomic E-state index is 13.2. The van der Waals surface area contributed by atoms with E-state index in [0.717, 1.165) is 44.6 Å². The Morgan fingerprint density at radius 2 is 1.85 bits per heavy atom. The van der Waals surface area contributed by atoms with E-state index >= 15 is 0 Å². The molecule has 5 nitrogen and oxygen atoms in total. The van der Waals surface area contributed by atoms with E-state index in [-0.39, 0.29) is 17.8 Å². The Bertz CT molecular complexity index is 802. The second-order valence-electron chi connectivity index (χ2n) is 6.97. The Kier molecular flexibility index (Phi) is 6.29. The minimum atomic E-state index is -0.709. The number of likely N-dealkylation sites (tertiary alicyclic amines) is 1. The van der Waals surface area contributed by atoms with Crippen molar-refractivity contribution in [2.75, 3.05) is 19.6 Å². The molecule has 1 heterocycles. The zero-order valence-electron chi connectivity index (χ0n) is 15.1. The van der Waals surface area contributed by atoms with Crippen LogP contribution in [0.5, 0.6) is 0 Å². The van der Waals surface area contributed by atoms with E-state index < -0.39 is 16.4 Å². The van der Waals surface area contributed by atoms with Crippen molar-refractivity contribution in [2.45, 2.75) is 31.6 Å². The van der Waals surface area contributed by atoms with E-state index in [4.69, 9.17) is 0 Å². The lowest BCUT2D eigenvalue weighted by Crippen LogP contribution is -2.33. The highest BCUT2D eigenvalue weighted by Gasteiger charge is 2.22. The van der Waals surface area contributed by atoms with Gasteiger partial charge in [-0.05, 0) is 62.5 Å². The van der Waals surface area contributed by atoms with Gasteiger partial charge < -0.3 is 4.90 Å². The van der Waals surface area contributed by atoms with Crippen LogP contribution in [0.25, 0.3) is 0 Å². The van der Waals surface area contributed by atoms with Crippen molar-refractivity contribution in [3.63, 3.8) is 0 Å². The first-order valence-corrected chi connectivity index (χ1v) is 9.29. The number of nitro benzene ring substituents is 1. The second-order valence-corrected chi connectivity index (χ2v) is 6.97. The molecule has 1 saturated heterocycles. The summed E-state index contributed by atoms with van der Waals surface area (Å²) in [4.78, 5) is 25.0. The van der Waals surface area contributed by atoms with Crippen LogP contribution >= 0.6 is 0 Å². The van der Waals surface area contributed by atoms with Gasteiger partial charge in [0.2, 0.25) is 0 Å². The summed E-state index contributed by atoms with van der Waals surface area (Å²) in [5.41, 5.74) is 0.920. The first-order chi connectivity index (χ1) is 13.0. The fraction of sp³-hybridized carbons (Fsp3) is 0.381. The van der Waals surface area contributed by atoms with Crippen molar-refractivity contribution in [1.29, 1.82) is 0 Å². The molecule has 27 heavy (non-hydrogen) atoms. The normalized spacial score (nSPS) is 15.6. The number of ketones is 1. The summed E-state index contributed by atoms with van der Waals surface area (Å²) in [5, 5.41) is 11.0. The average Bonchev–Trinajstić information content (AvgIpc) is 2.69. The molecule has 0 aromatic heterocycles. The summed E-state index contributed by atoms with van der Waals surface area (Å²) < 4.78 is 13.2. The number of hydrogen-bond acceptors (Lipinski definition) is 4. The number of carbonyl (C=O) groups is 1. The van der Waals surface area contributed by atoms with Gasteiger partial charge in [-0.25, -0.2) is 4.39 Å². The highest BCUT2D eigenvalue weighted by atomic mass is 19.1. The maximum Gasteiger partial charge on any atom is 0.283 e. The van der Waals surface area contributed by atoms with Gasteiger partial charge in [0.1, 0.15) is 5.82 Å². The van der Waals surface area contributed by atoms with Gasteiger partial charge in [0, 0.05) is 6.42 Å². The molecule has 2 aromatic rings. The van der Waals surface area contributed by atoms with Gasteiger partial charge in [0.05, 0.1) is 16.6 Å². The SMILES string of the molecule is O=C(CCCN1CCC(c2ccccc2)CC1)c1ccc(F)cc1[N+](=O)[O-]. The van der Waals surface area contributed by atoms with Crippen LogP contribution in [0.2, 0.25) is 0 Å². The molecule has 0 amide bonds. The largest absolute Gasteiger partial charge is 0.303 e. The molecule has 0 spiro atoms. The quantitative estimate of drug-likeness (QED) is 0.407. The number of halogens is 1. The fourth-order valence-electron chi connectivity index (χ4n) is 3.70. The molecule has 0 atom stereocenters. The third kappa shape index (κ3) is 4.98. The number of nitro groups is 1. The van der Waals surface area contributed by atoms with Crippen molar-refractivity contribution >= 4 is 11.5 Å². The monoisotopic (exact) mass is 370 g/mol. The summed E-state index contributed by atoms with van der Waals surface area (Å²) in [6, 6.07) is 13.6. The Morgan fingerprint density at radius 3 is 2.52 bits per heavy atom. The van der Waals surface area contributed by atoms with E-state index in [1.165, 1.54) is 11.6 Å². The van der Waals surface area contributed by atoms with Crippen molar-refractivity contribution in [2.24, 2.45) is 0 Å². The molecule has 3 rings (SSSR count). The van der Waals surface area contributed by atoms with Gasteiger partial charge in [0.25, 0.3) is 5.69 Å². The van der Waals surface area contributed by atoms with Gasteiger partial charge >= 0.3 is 0 Å². The molecule has 6 heteroatoms. The minimum absolute atomic E-state index is 0.0100. The molecule has 0 aliphatic carbocycles. The van der Waals surface area contributed by atoms with Gasteiger partial charge in [-0.3, -0.25) is 14.9 Å². The summed E-state index contributed by atoms with van der Waals surface area (Å²) in [6.07, 6.45) is 3.07. The molecule has 0 N–H and O–H groups in total. The van der Waals surface area contributed by atoms with Crippen molar-refractivity contribution < 1.29 is 14.1 Å². The number of hydrogen-bond donors (Lipinski definition) is 0. The highest BCUT2D eigenvalue weighted by molar-refractivity contribution is 5.99. The van der Waals surface area contributed by atoms with Crippen LogP contribution in [0.3, 0.4) is 0 Å². The number of carbonyl (C=O) groups excluding carboxylic acids is 1. The van der Waals surface area contributed by atoms with E-state index in [2.05, 4.69) is 29.2 Å². The summed E-state index contributed by atoms with van der Waals surface area (Å²) >= 11 is 0. The highest BCUT2D eigenvalue weighted by Crippen LogP contribution is 2.28. The van der Waals surface area contributed by atoms with Crippen LogP contribution < -0.4 is 0 Å². The summed E-state index contributed by atoms with van der Waals surface area (Å²) in [5.74, 6) is -0.425. The molecule has 0 radical (unpaired) electrons. The Morgan fingerprint density at radius 1 is 1.15 bits per heavy atom. The van der Waals surface area contributed by atoms with Crippen LogP contribution in [-0.4, -0.2) is 35.2 Å². The zero-order valence-corrected chi connectivity index (χ0v) is 15.1. The third-order valence-electron chi connectivity index (χ3n) is 5.19. The first kappa shape index (κ1) is 19.2. The molecule has 2 aromatic carbocycles. The van der Waals surface area contributed by atoms with Crippen LogP contribution in [0.1, 0.15) is 47.5 Å². The van der Waals surface area contributed by atoms with E-state index in [1.807, 2.05) is 6.07 Å². The van der Waals surface area contributed by atoms with Crippen LogP contribution in [-0.2, 0) is 0 Å². The summed E-state index contributed by atoms with van der Waals surface area (Å²) in [7, 11) is 0. The maximum atomic E-state index is 13.2. The smallest absolute Gasteiger partial charge is 0.283 e. The van der Waals surface area contributed by atoms with Gasteiger partial charge in [-0.2, -0.15) is 0 Å². The molecule has 142 valence electrons. The number of rotatable bonds is 7. The number of benzene rings is 2. The molecule has 0 unspecified atom stereocenters. The Hall–Kier alpha value is -2.60. The fourth-order valence-corrected chi connectivity index (χ4v) is 3.70. The lowest BCUT2D eigenvalue weighted by Gasteiger charge is -2.32. The molecule has 1 aliphatic heterocycles. The lowest BCUT2D eigenvalue weighted by atomic mass is 9.89. The molecule has 1 aliphatic rings. The third-order valence-corrected chi connectivity index (χ3v) is 5.19. The minimum Gasteiger partial charge on any atom is -0.303 e. The van der Waals surface area contributed by atoms with Crippen LogP contribution in [0.15, 0.2) is 48.5 Å². The molecule has 1 fully saturated rings. The van der Waals surface area contributed by atoms with E-state index in [9.17, 15) is 19.3 Å². The molecular weight excluding hydrogens is 347 g/mol. The van der Waals surface area contributed by atoms with Crippen molar-refractivity contribution in [1.82, 2.24) is 4.90 Å². The topological polar surface area (TPSA) is 63.5 Å². The van der Waals surface area contributed by atoms with Gasteiger partial charge in [-0.1, -0.05) is 30.3 Å². The standard InChI is InChI=1S/C21H23FN2O3/c22-18-8-9-19(20(15-18)24(26)27)21(25)7-4-12-23-13-10-17(11-14-23)16-5-2-1-3-6-16/h1-3,5-6,8-9,15,17H,4,7,10-14H2. The van der Waals surface area contributed by atoms with Crippen molar-refractivity contribution in [3.8, 4) is 0 Å². The predicted octanol–water partition coefficient (Wildman–Crippen LogP) is 4.58. The van der Waals surface area contributed by atoms with Crippen molar-refractivity contribution in [3.05, 3.63) is 75.6 Å². The first-order valence-electron chi connectivity index (χ1n) is 9.29. The van der Waals surface area contributed by atoms with E-state index in [1.54, 1.807) is 0 Å². The van der Waals surface area contributed by atoms with Crippen LogP contribution in [0, 0.1) is 15.9 Å². The lowest BCUT2D eigenvalue weighted by molar-refractivity contribution is -0.385. The Balaban J connectivity index is 1.47. The molecular formula is C21H23FN2O3. The average molecular weight is 370 g/mol. The number of Topliss-reactive ketones (excluding diaryl/α,β-unsaturated/α-hetero) is 1. The molecule has 0 bridgehead atoms. The zero-order chi connectivity index (χ0) is 19.2. The number of piperidine rings is 1. The van der Waals surface area contributed by atoms with Crippen LogP contribution in [0.4, 0.5) is 10.1 Å².